The van der Waals surface area contributed by atoms with Crippen LogP contribution in [0.4, 0.5) is 0 Å². The lowest BCUT2D eigenvalue weighted by molar-refractivity contribution is -0.132. The quantitative estimate of drug-likeness (QED) is 0.766. The normalized spacial score (nSPS) is 19.3. The van der Waals surface area contributed by atoms with Crippen LogP contribution in [0.2, 0.25) is 0 Å². The Morgan fingerprint density at radius 1 is 1.00 bits per heavy atom. The Morgan fingerprint density at radius 3 is 2.41 bits per heavy atom. The van der Waals surface area contributed by atoms with Gasteiger partial charge in [-0.2, -0.15) is 0 Å². The van der Waals surface area contributed by atoms with E-state index >= 15 is 0 Å². The highest BCUT2D eigenvalue weighted by Gasteiger charge is 2.24. The van der Waals surface area contributed by atoms with Gasteiger partial charge in [0.15, 0.2) is 0 Å². The fraction of sp³-hybridized carbons (Fsp3) is 0.565. The Labute approximate surface area is 163 Å². The summed E-state index contributed by atoms with van der Waals surface area (Å²) >= 11 is 0. The Kier molecular flexibility index (Phi) is 7.49. The number of likely N-dealkylation sites (tertiary alicyclic amines) is 1. The molecule has 1 N–H and O–H groups in total. The van der Waals surface area contributed by atoms with Gasteiger partial charge >= 0.3 is 0 Å². The average Bonchev–Trinajstić information content (AvgIpc) is 2.72. The van der Waals surface area contributed by atoms with Crippen LogP contribution in [0.3, 0.4) is 0 Å². The lowest BCUT2D eigenvalue weighted by atomic mass is 9.86. The van der Waals surface area contributed by atoms with Crippen molar-refractivity contribution >= 4 is 17.9 Å². The van der Waals surface area contributed by atoms with Gasteiger partial charge in [-0.05, 0) is 36.8 Å². The van der Waals surface area contributed by atoms with E-state index in [2.05, 4.69) is 5.32 Å². The number of hydrogen-bond acceptors (Lipinski definition) is 2. The molecular weight excluding hydrogens is 336 g/mol. The smallest absolute Gasteiger partial charge is 0.244 e. The zero-order valence-corrected chi connectivity index (χ0v) is 16.2. The molecule has 1 heterocycles. The number of hydrogen-bond donors (Lipinski definition) is 1. The predicted octanol–water partition coefficient (Wildman–Crippen LogP) is 4.17. The minimum Gasteiger partial charge on any atom is -0.350 e. The molecule has 27 heavy (non-hydrogen) atoms. The molecule has 146 valence electrons. The van der Waals surface area contributed by atoms with Gasteiger partial charge in [-0.1, -0.05) is 62.4 Å². The molecule has 3 rings (SSSR count). The monoisotopic (exact) mass is 368 g/mol. The number of nitrogens with zero attached hydrogens (tertiary/aromatic N) is 1. The van der Waals surface area contributed by atoms with Crippen molar-refractivity contribution in [2.24, 2.45) is 5.92 Å². The summed E-state index contributed by atoms with van der Waals surface area (Å²) in [6.07, 6.45) is 13.5. The molecule has 2 fully saturated rings. The van der Waals surface area contributed by atoms with E-state index in [-0.39, 0.29) is 11.9 Å². The summed E-state index contributed by atoms with van der Waals surface area (Å²) < 4.78 is 0. The summed E-state index contributed by atoms with van der Waals surface area (Å²) in [5.74, 6) is 1.01. The number of carbonyl (C=O) groups excluding carboxylic acids is 2. The number of amides is 2. The first-order valence-corrected chi connectivity index (χ1v) is 10.5. The standard InChI is InChI=1S/C23H32N2O2/c26-22(13-11-19-7-3-1-4-8-19)24-21-15-17-25(18-16-21)23(27)14-12-20-9-5-2-6-10-20/h1,3-4,7-8,11,13,20-21H,2,5-6,9-10,12,14-18H2,(H,24,26)/b13-11+. The third-order valence-corrected chi connectivity index (χ3v) is 5.91. The molecule has 0 spiro atoms. The average molecular weight is 369 g/mol. The van der Waals surface area contributed by atoms with E-state index in [1.165, 1.54) is 32.1 Å². The van der Waals surface area contributed by atoms with E-state index in [1.54, 1.807) is 6.08 Å². The molecule has 1 saturated carbocycles. The first-order chi connectivity index (χ1) is 13.2. The fourth-order valence-corrected chi connectivity index (χ4v) is 4.22. The van der Waals surface area contributed by atoms with Gasteiger partial charge in [0.1, 0.15) is 0 Å². The molecular formula is C23H32N2O2. The number of carbonyl (C=O) groups is 2. The van der Waals surface area contributed by atoms with E-state index < -0.39 is 0 Å². The first-order valence-electron chi connectivity index (χ1n) is 10.5. The molecule has 0 unspecified atom stereocenters. The molecule has 1 aliphatic carbocycles. The van der Waals surface area contributed by atoms with Crippen LogP contribution in [-0.2, 0) is 9.59 Å². The van der Waals surface area contributed by atoms with Crippen LogP contribution >= 0.6 is 0 Å². The van der Waals surface area contributed by atoms with Crippen LogP contribution in [0, 0.1) is 5.92 Å². The minimum absolute atomic E-state index is 0.0547. The van der Waals surface area contributed by atoms with E-state index in [0.29, 0.717) is 12.3 Å². The summed E-state index contributed by atoms with van der Waals surface area (Å²) in [5, 5.41) is 3.07. The largest absolute Gasteiger partial charge is 0.350 e. The molecule has 1 saturated heterocycles. The predicted molar refractivity (Wildman–Crippen MR) is 109 cm³/mol. The maximum absolute atomic E-state index is 12.5. The minimum atomic E-state index is -0.0547. The third-order valence-electron chi connectivity index (χ3n) is 5.91. The van der Waals surface area contributed by atoms with Crippen LogP contribution in [0.5, 0.6) is 0 Å². The summed E-state index contributed by atoms with van der Waals surface area (Å²) in [5.41, 5.74) is 1.02. The van der Waals surface area contributed by atoms with Crippen LogP contribution in [-0.4, -0.2) is 35.8 Å². The highest BCUT2D eigenvalue weighted by Crippen LogP contribution is 2.27. The number of nitrogens with one attached hydrogen (secondary N) is 1. The molecule has 0 radical (unpaired) electrons. The van der Waals surface area contributed by atoms with Crippen molar-refractivity contribution in [1.29, 1.82) is 0 Å². The maximum atomic E-state index is 12.5. The van der Waals surface area contributed by atoms with E-state index in [1.807, 2.05) is 41.3 Å². The van der Waals surface area contributed by atoms with Crippen molar-refractivity contribution in [2.45, 2.75) is 63.8 Å². The summed E-state index contributed by atoms with van der Waals surface area (Å²) in [6.45, 7) is 1.52. The summed E-state index contributed by atoms with van der Waals surface area (Å²) in [7, 11) is 0. The van der Waals surface area contributed by atoms with E-state index in [4.69, 9.17) is 0 Å². The Bertz CT molecular complexity index is 627. The Hall–Kier alpha value is -2.10. The molecule has 0 atom stereocenters. The maximum Gasteiger partial charge on any atom is 0.244 e. The third kappa shape index (κ3) is 6.53. The summed E-state index contributed by atoms with van der Waals surface area (Å²) in [4.78, 5) is 26.5. The first kappa shape index (κ1) is 19.7. The molecule has 1 aromatic rings. The second-order valence-corrected chi connectivity index (χ2v) is 7.95. The van der Waals surface area contributed by atoms with Gasteiger partial charge in [0.05, 0.1) is 0 Å². The summed E-state index contributed by atoms with van der Waals surface area (Å²) in [6, 6.07) is 9.99. The van der Waals surface area contributed by atoms with Gasteiger partial charge in [0, 0.05) is 31.6 Å². The van der Waals surface area contributed by atoms with E-state index in [9.17, 15) is 9.59 Å². The van der Waals surface area contributed by atoms with Crippen molar-refractivity contribution < 1.29 is 9.59 Å². The molecule has 0 aromatic heterocycles. The fourth-order valence-electron chi connectivity index (χ4n) is 4.22. The zero-order valence-electron chi connectivity index (χ0n) is 16.2. The lowest BCUT2D eigenvalue weighted by Gasteiger charge is -2.32. The molecule has 2 aliphatic rings. The van der Waals surface area contributed by atoms with Crippen molar-refractivity contribution in [3.63, 3.8) is 0 Å². The van der Waals surface area contributed by atoms with Gasteiger partial charge in [0.25, 0.3) is 0 Å². The number of piperidine rings is 1. The molecule has 1 aliphatic heterocycles. The second-order valence-electron chi connectivity index (χ2n) is 7.95. The SMILES string of the molecule is O=C(/C=C/c1ccccc1)NC1CCN(C(=O)CCC2CCCCC2)CC1. The van der Waals surface area contributed by atoms with Gasteiger partial charge < -0.3 is 10.2 Å². The van der Waals surface area contributed by atoms with Crippen LogP contribution < -0.4 is 5.32 Å². The van der Waals surface area contributed by atoms with Gasteiger partial charge in [0.2, 0.25) is 11.8 Å². The van der Waals surface area contributed by atoms with Crippen LogP contribution in [0.1, 0.15) is 63.4 Å². The van der Waals surface area contributed by atoms with Crippen molar-refractivity contribution in [2.75, 3.05) is 13.1 Å². The number of benzene rings is 1. The second kappa shape index (κ2) is 10.3. The molecule has 1 aromatic carbocycles. The molecule has 2 amide bonds. The van der Waals surface area contributed by atoms with Crippen molar-refractivity contribution in [3.8, 4) is 0 Å². The van der Waals surface area contributed by atoms with E-state index in [0.717, 1.165) is 43.8 Å². The van der Waals surface area contributed by atoms with Crippen LogP contribution in [0.25, 0.3) is 6.08 Å². The van der Waals surface area contributed by atoms with Gasteiger partial charge in [-0.3, -0.25) is 9.59 Å². The van der Waals surface area contributed by atoms with Crippen molar-refractivity contribution in [3.05, 3.63) is 42.0 Å². The molecule has 4 heteroatoms. The number of rotatable bonds is 6. The van der Waals surface area contributed by atoms with Crippen LogP contribution in [0.15, 0.2) is 36.4 Å². The zero-order chi connectivity index (χ0) is 18.9. The van der Waals surface area contributed by atoms with Gasteiger partial charge in [-0.25, -0.2) is 0 Å². The lowest BCUT2D eigenvalue weighted by Crippen LogP contribution is -2.46. The Balaban J connectivity index is 1.35. The van der Waals surface area contributed by atoms with Crippen molar-refractivity contribution in [1.82, 2.24) is 10.2 Å². The topological polar surface area (TPSA) is 49.4 Å². The Morgan fingerprint density at radius 2 is 1.70 bits per heavy atom. The molecule has 4 nitrogen and oxygen atoms in total. The molecule has 0 bridgehead atoms. The highest BCUT2D eigenvalue weighted by molar-refractivity contribution is 5.91. The highest BCUT2D eigenvalue weighted by atomic mass is 16.2. The van der Waals surface area contributed by atoms with Gasteiger partial charge in [-0.15, -0.1) is 0 Å².